The Labute approximate surface area is 507 Å². The van der Waals surface area contributed by atoms with Crippen LogP contribution in [0.3, 0.4) is 0 Å². The van der Waals surface area contributed by atoms with E-state index in [1.807, 2.05) is 0 Å². The fourth-order valence-electron chi connectivity index (χ4n) is 12.2. The molecule has 0 fully saturated rings. The molecule has 0 amide bonds. The average Bonchev–Trinajstić information content (AvgIpc) is 3.69. The number of fused-ring (bicyclic) bond motifs is 2. The van der Waals surface area contributed by atoms with Crippen LogP contribution in [0.1, 0.15) is 166 Å². The molecule has 82 heavy (non-hydrogen) atoms. The summed E-state index contributed by atoms with van der Waals surface area (Å²) in [7, 11) is 0. The summed E-state index contributed by atoms with van der Waals surface area (Å²) < 4.78 is 2.37. The van der Waals surface area contributed by atoms with E-state index in [9.17, 15) is 0 Å². The highest BCUT2D eigenvalue weighted by atomic mass is 79.9. The molecular weight excluding hydrogens is 1140 g/mol. The second-order valence-electron chi connectivity index (χ2n) is 22.6. The van der Waals surface area contributed by atoms with Gasteiger partial charge in [0, 0.05) is 77.9 Å². The van der Waals surface area contributed by atoms with E-state index in [2.05, 4.69) is 217 Å². The van der Waals surface area contributed by atoms with Crippen LogP contribution >= 0.6 is 31.9 Å². The zero-order chi connectivity index (χ0) is 57.0. The average molecular weight is 1230 g/mol. The Hall–Kier alpha value is -5.00. The van der Waals surface area contributed by atoms with Crippen LogP contribution in [0.4, 0.5) is 22.7 Å². The first-order chi connectivity index (χ1) is 40.4. The number of unbranched alkanes of at least 4 members (excludes halogenated alkanes) is 12. The molecule has 0 spiro atoms. The van der Waals surface area contributed by atoms with Crippen molar-refractivity contribution in [1.29, 1.82) is 0 Å². The number of para-hydroxylation sites is 2. The summed E-state index contributed by atoms with van der Waals surface area (Å²) in [6.45, 7) is 11.5. The number of halogens is 2. The van der Waals surface area contributed by atoms with Crippen molar-refractivity contribution < 1.29 is 19.4 Å². The molecule has 9 aromatic rings. The van der Waals surface area contributed by atoms with E-state index >= 15 is 0 Å². The Balaban J connectivity index is 1.01. The summed E-state index contributed by atoms with van der Waals surface area (Å²) in [5, 5.41) is 10.5. The smallest absolute Gasteiger partial charge is 0.157 e. The molecule has 0 saturated heterocycles. The predicted molar refractivity (Wildman–Crippen MR) is 356 cm³/mol. The summed E-state index contributed by atoms with van der Waals surface area (Å²) >= 11 is 8.43. The van der Waals surface area contributed by atoms with Crippen molar-refractivity contribution in [1.82, 2.24) is 9.62 Å². The molecule has 0 aliphatic carbocycles. The molecule has 8 heteroatoms. The van der Waals surface area contributed by atoms with E-state index in [0.29, 0.717) is 26.4 Å². The monoisotopic (exact) mass is 1230 g/mol. The molecule has 0 aliphatic heterocycles. The van der Waals surface area contributed by atoms with Gasteiger partial charge in [-0.2, -0.15) is 19.4 Å². The van der Waals surface area contributed by atoms with Gasteiger partial charge in [0.1, 0.15) is 26.4 Å². The minimum Gasteiger partial charge on any atom is -0.157 e. The van der Waals surface area contributed by atoms with Gasteiger partial charge < -0.3 is 0 Å². The molecule has 0 aromatic heterocycles. The van der Waals surface area contributed by atoms with Gasteiger partial charge in [-0.05, 0) is 141 Å². The topological polar surface area (TPSA) is 36.9 Å². The lowest BCUT2D eigenvalue weighted by atomic mass is 9.84. The van der Waals surface area contributed by atoms with Gasteiger partial charge in [-0.3, -0.25) is 0 Å². The summed E-state index contributed by atoms with van der Waals surface area (Å²) in [6.07, 6.45) is 24.0. The van der Waals surface area contributed by atoms with Crippen molar-refractivity contribution in [3.8, 4) is 0 Å². The highest BCUT2D eigenvalue weighted by Gasteiger charge is 2.41. The number of aryl methyl sites for hydroxylation is 3. The van der Waals surface area contributed by atoms with E-state index in [-0.39, 0.29) is 9.62 Å². The summed E-state index contributed by atoms with van der Waals surface area (Å²) in [4.78, 5) is 27.6. The number of rotatable bonds is 36. The van der Waals surface area contributed by atoms with Gasteiger partial charge >= 0.3 is 0 Å². The molecule has 432 valence electrons. The Bertz CT molecular complexity index is 3320. The molecule has 0 saturated carbocycles. The first-order valence-corrected chi connectivity index (χ1v) is 33.1. The normalized spacial score (nSPS) is 12.3. The molecule has 0 radical (unpaired) electrons. The van der Waals surface area contributed by atoms with Gasteiger partial charge in [-0.1, -0.05) is 224 Å². The van der Waals surface area contributed by atoms with Crippen molar-refractivity contribution in [2.75, 3.05) is 26.4 Å². The zero-order valence-electron chi connectivity index (χ0n) is 49.7. The van der Waals surface area contributed by atoms with E-state index in [0.717, 1.165) is 117 Å². The van der Waals surface area contributed by atoms with Crippen molar-refractivity contribution in [3.05, 3.63) is 189 Å². The number of benzene rings is 9. The number of quaternary nitrogens is 2. The molecule has 0 bridgehead atoms. The SMILES string of the molecule is CCCCCCO[N+](OCCCCCC)(c1ccccc1)c1ccc(CCCc2c(CCCc3ccc([N+](OCCCCCC)(OCCCCCC)c4ccccc4)cc3)c3cccc4c5c(Br)ccc6cccc(c(c2Br)c34)c65)cc1. The van der Waals surface area contributed by atoms with Crippen LogP contribution in [-0.4, -0.2) is 26.4 Å². The van der Waals surface area contributed by atoms with Crippen LogP contribution in [0.2, 0.25) is 0 Å². The largest absolute Gasteiger partial charge is 0.206 e. The Morgan fingerprint density at radius 1 is 0.305 bits per heavy atom. The van der Waals surface area contributed by atoms with E-state index in [1.165, 1.54) is 121 Å². The van der Waals surface area contributed by atoms with Gasteiger partial charge in [-0.25, -0.2) is 0 Å². The van der Waals surface area contributed by atoms with Crippen LogP contribution in [0.25, 0.3) is 43.1 Å². The van der Waals surface area contributed by atoms with Gasteiger partial charge in [0.05, 0.1) is 0 Å². The fraction of sp³-hybridized carbons (Fsp3) is 0.405. The molecule has 0 N–H and O–H groups in total. The molecular formula is C74H90Br2N2O4+2. The minimum atomic E-state index is -0.0525. The van der Waals surface area contributed by atoms with Crippen molar-refractivity contribution in [3.63, 3.8) is 0 Å². The van der Waals surface area contributed by atoms with Crippen LogP contribution in [0, 0.1) is 0 Å². The van der Waals surface area contributed by atoms with Gasteiger partial charge in [-0.15, -0.1) is 0 Å². The maximum atomic E-state index is 6.92. The first-order valence-electron chi connectivity index (χ1n) is 31.5. The fourth-order valence-corrected chi connectivity index (χ4v) is 13.6. The predicted octanol–water partition coefficient (Wildman–Crippen LogP) is 22.9. The maximum absolute atomic E-state index is 6.92. The second-order valence-corrected chi connectivity index (χ2v) is 24.2. The minimum absolute atomic E-state index is 0.0521. The Morgan fingerprint density at radius 2 is 0.707 bits per heavy atom. The molecule has 9 aromatic carbocycles. The van der Waals surface area contributed by atoms with Gasteiger partial charge in [0.15, 0.2) is 0 Å². The van der Waals surface area contributed by atoms with E-state index in [1.54, 1.807) is 0 Å². The summed E-state index contributed by atoms with van der Waals surface area (Å²) in [5.74, 6) is 0. The van der Waals surface area contributed by atoms with Crippen molar-refractivity contribution in [2.45, 2.75) is 169 Å². The molecule has 0 atom stereocenters. The molecule has 0 unspecified atom stereocenters. The zero-order valence-corrected chi connectivity index (χ0v) is 52.9. The lowest BCUT2D eigenvalue weighted by Crippen LogP contribution is -2.44. The van der Waals surface area contributed by atoms with Crippen molar-refractivity contribution >= 4 is 97.7 Å². The van der Waals surface area contributed by atoms with Gasteiger partial charge in [0.2, 0.25) is 22.7 Å². The maximum Gasteiger partial charge on any atom is 0.206 e. The Kier molecular flexibility index (Phi) is 23.4. The second kappa shape index (κ2) is 31.2. The number of hydrogen-bond donors (Lipinski definition) is 0. The van der Waals surface area contributed by atoms with Crippen molar-refractivity contribution in [2.24, 2.45) is 0 Å². The molecule has 0 aliphatic rings. The standard InChI is InChI=1S/C74H90Br2N2O4/c1-5-9-13-23-53-79-77(60-34-19-17-20-35-60,80-54-24-14-10-6-2)62-48-43-57(44-49-62)31-27-38-64-65-39-30-42-68-71(65)73(67-41-29-33-59-47-52-69(75)72(68)70(59)67)74(76)66(64)40-28-32-58-45-50-63(51-46-58)78(61-36-21-18-22-37-61,81-55-25-15-11-7-3)82-56-26-16-12-8-4/h17-22,29-30,33-37,39,41-52H,5-16,23-28,31-32,38,40,53-56H2,1-4H3/q+2. The molecule has 0 heterocycles. The third kappa shape index (κ3) is 14.6. The molecule has 9 rings (SSSR count). The lowest BCUT2D eigenvalue weighted by Gasteiger charge is -2.31. The van der Waals surface area contributed by atoms with Crippen LogP contribution < -0.4 is 9.62 Å². The highest BCUT2D eigenvalue weighted by molar-refractivity contribution is 9.11. The van der Waals surface area contributed by atoms with Crippen LogP contribution in [0.5, 0.6) is 0 Å². The number of hydrogen-bond acceptors (Lipinski definition) is 4. The summed E-state index contributed by atoms with van der Waals surface area (Å²) in [5.41, 5.74) is 9.48. The van der Waals surface area contributed by atoms with E-state index in [4.69, 9.17) is 19.4 Å². The third-order valence-corrected chi connectivity index (χ3v) is 18.2. The number of nitrogens with zero attached hydrogens (tertiary/aromatic N) is 2. The van der Waals surface area contributed by atoms with Crippen LogP contribution in [-0.2, 0) is 45.0 Å². The highest BCUT2D eigenvalue weighted by Crippen LogP contribution is 2.49. The van der Waals surface area contributed by atoms with Gasteiger partial charge in [0.25, 0.3) is 0 Å². The quantitative estimate of drug-likeness (QED) is 0.0129. The Morgan fingerprint density at radius 3 is 1.16 bits per heavy atom. The van der Waals surface area contributed by atoms with E-state index < -0.39 is 0 Å². The van der Waals surface area contributed by atoms with Crippen LogP contribution in [0.15, 0.2) is 167 Å². The third-order valence-electron chi connectivity index (χ3n) is 16.6. The molecule has 6 nitrogen and oxygen atoms in total. The lowest BCUT2D eigenvalue weighted by molar-refractivity contribution is -0.316. The summed E-state index contributed by atoms with van der Waals surface area (Å²) in [6, 6.07) is 57.6. The first kappa shape index (κ1) is 61.6.